The lowest BCUT2D eigenvalue weighted by atomic mass is 10.0. The number of nitrogens with one attached hydrogen (secondary N) is 8. The van der Waals surface area contributed by atoms with Gasteiger partial charge in [-0.25, -0.2) is 4.79 Å². The molecule has 0 saturated carbocycles. The highest BCUT2D eigenvalue weighted by atomic mass is 16.4. The largest absolute Gasteiger partial charge is 0.481 e. The lowest BCUT2D eigenvalue weighted by molar-refractivity contribution is -0.144. The predicted octanol–water partition coefficient (Wildman–Crippen LogP) is -6.50. The molecule has 0 fully saturated rings. The number of amides is 8. The maximum Gasteiger partial charge on any atom is 0.326 e. The van der Waals surface area contributed by atoms with Crippen molar-refractivity contribution in [1.29, 1.82) is 0 Å². The minimum Gasteiger partial charge on any atom is -0.481 e. The SMILES string of the molecule is CC(C)C[C@H](NC(=O)[C@H](CCC(=O)O)NC(=O)[C@@H](N)CCC(=O)O)C(=O)N[C@@H](CCCN=C(N)N)C(=O)N[C@@H](CCCN=C(N)N)C(=O)N[C@@H](CCCN=C(N)N)C(=O)N[C@@H](CC(C)C)C(=O)N[C@H](C(=O)N[C@@H](CCC(=O)O)C(=O)O)[C@@H](C)O. The van der Waals surface area contributed by atoms with Crippen LogP contribution in [0.25, 0.3) is 0 Å². The standard InChI is InChI=1S/C49H88N18O17/c1-23(2)21-32(65-42(79)30(13-16-35(71)72)60-38(75)26(50)12-15-34(69)70)43(80)63-28(10-7-19-58-48(53)54)40(77)61-27(9-6-18-57-47(51)52)39(76)62-29(11-8-20-59-49(55)56)41(78)66-33(22-24(3)4)44(81)67-37(25(5)68)45(82)64-31(46(83)84)14-17-36(73)74/h23-33,37,68H,6-22,50H2,1-5H3,(H,60,75)(H,61,77)(H,62,76)(H,63,80)(H,64,82)(H,65,79)(H,66,78)(H,67,81)(H,69,70)(H,71,72)(H,73,74)(H,83,84)(H4,51,52,57)(H4,53,54,58)(H4,55,56,59)/t25-,26+,27+,28+,29+,30+,31+,32+,33+,37+/m1/s1. The lowest BCUT2D eigenvalue weighted by Crippen LogP contribution is -2.61. The van der Waals surface area contributed by atoms with Gasteiger partial charge in [-0.15, -0.1) is 0 Å². The quantitative estimate of drug-likeness (QED) is 0.0153. The van der Waals surface area contributed by atoms with Crippen LogP contribution >= 0.6 is 0 Å². The van der Waals surface area contributed by atoms with Crippen molar-refractivity contribution in [2.24, 2.45) is 66.9 Å². The maximum absolute atomic E-state index is 14.5. The number of aliphatic hydroxyl groups is 1. The van der Waals surface area contributed by atoms with E-state index in [4.69, 9.17) is 50.3 Å². The van der Waals surface area contributed by atoms with Crippen molar-refractivity contribution in [3.8, 4) is 0 Å². The molecule has 0 aromatic heterocycles. The van der Waals surface area contributed by atoms with Gasteiger partial charge in [0, 0.05) is 38.9 Å². The van der Waals surface area contributed by atoms with Gasteiger partial charge in [-0.05, 0) is 89.4 Å². The smallest absolute Gasteiger partial charge is 0.326 e. The van der Waals surface area contributed by atoms with Gasteiger partial charge < -0.3 is 108 Å². The summed E-state index contributed by atoms with van der Waals surface area (Å²) in [4.78, 5) is 169. The molecule has 476 valence electrons. The van der Waals surface area contributed by atoms with E-state index in [-0.39, 0.29) is 107 Å². The Balaban J connectivity index is 7.28. The van der Waals surface area contributed by atoms with Gasteiger partial charge >= 0.3 is 23.9 Å². The number of aliphatic hydroxyl groups excluding tert-OH is 1. The number of nitrogens with zero attached hydrogens (tertiary/aromatic N) is 3. The fourth-order valence-corrected chi connectivity index (χ4v) is 7.76. The average Bonchev–Trinajstić information content (AvgIpc) is 3.54. The molecule has 27 N–H and O–H groups in total. The Morgan fingerprint density at radius 3 is 0.952 bits per heavy atom. The van der Waals surface area contributed by atoms with E-state index in [9.17, 15) is 72.9 Å². The Kier molecular flexibility index (Phi) is 35.7. The molecule has 84 heavy (non-hydrogen) atoms. The van der Waals surface area contributed by atoms with E-state index in [0.717, 1.165) is 6.92 Å². The summed E-state index contributed by atoms with van der Waals surface area (Å²) in [7, 11) is 0. The van der Waals surface area contributed by atoms with E-state index in [1.54, 1.807) is 27.7 Å². The zero-order chi connectivity index (χ0) is 64.4. The predicted molar refractivity (Wildman–Crippen MR) is 302 cm³/mol. The number of carbonyl (C=O) groups is 12. The highest BCUT2D eigenvalue weighted by molar-refractivity contribution is 5.98. The summed E-state index contributed by atoms with van der Waals surface area (Å²) >= 11 is 0. The first-order valence-corrected chi connectivity index (χ1v) is 27.1. The van der Waals surface area contributed by atoms with Crippen LogP contribution in [-0.2, 0) is 57.5 Å². The van der Waals surface area contributed by atoms with Crippen LogP contribution in [0, 0.1) is 11.8 Å². The topological polar surface area (TPSA) is 621 Å². The molecule has 0 unspecified atom stereocenters. The number of carboxylic acids is 4. The van der Waals surface area contributed by atoms with Gasteiger partial charge in [0.1, 0.15) is 48.3 Å². The van der Waals surface area contributed by atoms with E-state index >= 15 is 0 Å². The third kappa shape index (κ3) is 33.3. The first-order valence-electron chi connectivity index (χ1n) is 27.1. The summed E-state index contributed by atoms with van der Waals surface area (Å²) in [6, 6.07) is -14.1. The highest BCUT2D eigenvalue weighted by Crippen LogP contribution is 2.13. The van der Waals surface area contributed by atoms with Crippen LogP contribution < -0.4 is 82.7 Å². The molecule has 0 rings (SSSR count). The van der Waals surface area contributed by atoms with Crippen LogP contribution in [0.4, 0.5) is 0 Å². The van der Waals surface area contributed by atoms with Crippen molar-refractivity contribution < 1.29 is 83.1 Å². The number of guanidine groups is 3. The number of aliphatic imine (C=N–C) groups is 3. The highest BCUT2D eigenvalue weighted by Gasteiger charge is 2.36. The summed E-state index contributed by atoms with van der Waals surface area (Å²) in [6.07, 6.45) is -5.52. The van der Waals surface area contributed by atoms with Crippen molar-refractivity contribution >= 4 is 89.0 Å². The Bertz CT molecular complexity index is 2320. The van der Waals surface area contributed by atoms with Crippen molar-refractivity contribution in [1.82, 2.24) is 42.5 Å². The van der Waals surface area contributed by atoms with Gasteiger partial charge in [-0.2, -0.15) is 0 Å². The van der Waals surface area contributed by atoms with Crippen LogP contribution in [0.5, 0.6) is 0 Å². The molecule has 0 bridgehead atoms. The van der Waals surface area contributed by atoms with E-state index in [1.807, 2.05) is 0 Å². The molecule has 0 radical (unpaired) electrons. The van der Waals surface area contributed by atoms with Crippen molar-refractivity contribution in [3.63, 3.8) is 0 Å². The van der Waals surface area contributed by atoms with E-state index in [2.05, 4.69) is 57.5 Å². The summed E-state index contributed by atoms with van der Waals surface area (Å²) in [5, 5.41) is 67.1. The van der Waals surface area contributed by atoms with Gasteiger partial charge in [0.05, 0.1) is 12.1 Å². The first-order chi connectivity index (χ1) is 39.1. The van der Waals surface area contributed by atoms with Crippen LogP contribution in [-0.4, -0.2) is 195 Å². The van der Waals surface area contributed by atoms with Gasteiger partial charge in [-0.1, -0.05) is 27.7 Å². The van der Waals surface area contributed by atoms with Crippen LogP contribution in [0.1, 0.15) is 125 Å². The molecule has 0 aliphatic rings. The number of carboxylic acid groups (broad SMARTS) is 4. The molecule has 35 heteroatoms. The summed E-state index contributed by atoms with van der Waals surface area (Å²) in [5.74, 6) is -15.3. The van der Waals surface area contributed by atoms with E-state index < -0.39 is 164 Å². The summed E-state index contributed by atoms with van der Waals surface area (Å²) < 4.78 is 0. The summed E-state index contributed by atoms with van der Waals surface area (Å²) in [6.45, 7) is 7.67. The minimum absolute atomic E-state index is 0.0209. The third-order valence-electron chi connectivity index (χ3n) is 12.0. The molecule has 0 saturated heterocycles. The molecule has 35 nitrogen and oxygen atoms in total. The molecule has 0 heterocycles. The molecule has 0 aromatic carbocycles. The zero-order valence-corrected chi connectivity index (χ0v) is 48.0. The van der Waals surface area contributed by atoms with E-state index in [1.165, 1.54) is 0 Å². The van der Waals surface area contributed by atoms with Crippen molar-refractivity contribution in [3.05, 3.63) is 0 Å². The average molecular weight is 1200 g/mol. The van der Waals surface area contributed by atoms with E-state index in [0.29, 0.717) is 0 Å². The second-order valence-electron chi connectivity index (χ2n) is 20.5. The van der Waals surface area contributed by atoms with Gasteiger partial charge in [0.15, 0.2) is 17.9 Å². The van der Waals surface area contributed by atoms with Crippen LogP contribution in [0.15, 0.2) is 15.0 Å². The second-order valence-corrected chi connectivity index (χ2v) is 20.5. The molecule has 0 aromatic rings. The van der Waals surface area contributed by atoms with Gasteiger partial charge in [-0.3, -0.25) is 67.7 Å². The fraction of sp³-hybridized carbons (Fsp3) is 0.694. The Morgan fingerprint density at radius 1 is 0.369 bits per heavy atom. The number of aliphatic carboxylic acids is 4. The van der Waals surface area contributed by atoms with Crippen LogP contribution in [0.3, 0.4) is 0 Å². The number of nitrogens with two attached hydrogens (primary N) is 7. The molecule has 0 spiro atoms. The molecular formula is C49H88N18O17. The molecule has 0 aliphatic heterocycles. The van der Waals surface area contributed by atoms with Crippen molar-refractivity contribution in [2.75, 3.05) is 19.6 Å². The third-order valence-corrected chi connectivity index (χ3v) is 12.0. The number of hydrogen-bond acceptors (Lipinski definition) is 17. The zero-order valence-electron chi connectivity index (χ0n) is 48.0. The van der Waals surface area contributed by atoms with Gasteiger partial charge in [0.2, 0.25) is 47.3 Å². The maximum atomic E-state index is 14.5. The first kappa shape index (κ1) is 75.4. The fourth-order valence-electron chi connectivity index (χ4n) is 7.76. The summed E-state index contributed by atoms with van der Waals surface area (Å²) in [5.41, 5.74) is 38.9. The Hall–Kier alpha value is -8.63. The number of carbonyl (C=O) groups excluding carboxylic acids is 8. The van der Waals surface area contributed by atoms with Crippen LogP contribution in [0.2, 0.25) is 0 Å². The second kappa shape index (κ2) is 39.7. The monoisotopic (exact) mass is 1200 g/mol. The Labute approximate surface area is 485 Å². The van der Waals surface area contributed by atoms with Gasteiger partial charge in [0.25, 0.3) is 0 Å². The number of rotatable bonds is 43. The lowest BCUT2D eigenvalue weighted by Gasteiger charge is -2.29. The number of hydrogen-bond donors (Lipinski definition) is 20. The normalized spacial score (nSPS) is 14.5. The van der Waals surface area contributed by atoms with Crippen molar-refractivity contribution in [2.45, 2.75) is 185 Å². The minimum atomic E-state index is -1.82. The molecule has 0 aliphatic carbocycles. The molecule has 10 atom stereocenters. The Morgan fingerprint density at radius 2 is 0.643 bits per heavy atom. The molecule has 8 amide bonds. The molecular weight excluding hydrogens is 1110 g/mol.